The molecular weight excluding hydrogens is 341 g/mol. The Morgan fingerprint density at radius 3 is 2.64 bits per heavy atom. The van der Waals surface area contributed by atoms with Crippen LogP contribution in [0.3, 0.4) is 0 Å². The van der Waals surface area contributed by atoms with Gasteiger partial charge in [-0.15, -0.1) is 0 Å². The number of halogens is 3. The zero-order valence-electron chi connectivity index (χ0n) is 14.2. The van der Waals surface area contributed by atoms with Gasteiger partial charge in [0.05, 0.1) is 0 Å². The number of ether oxygens (including phenoxy) is 2. The summed E-state index contributed by atoms with van der Waals surface area (Å²) in [5, 5.41) is 2.12. The first-order valence-electron chi connectivity index (χ1n) is 7.37. The van der Waals surface area contributed by atoms with E-state index in [-0.39, 0.29) is 5.82 Å². The van der Waals surface area contributed by atoms with Gasteiger partial charge < -0.3 is 15.2 Å². The average molecular weight is 360 g/mol. The third-order valence-corrected chi connectivity index (χ3v) is 3.36. The molecule has 0 aromatic carbocycles. The molecule has 0 aliphatic carbocycles. The predicted molar refractivity (Wildman–Crippen MR) is 83.7 cm³/mol. The number of alkyl halides is 2. The van der Waals surface area contributed by atoms with Gasteiger partial charge in [0.25, 0.3) is 6.02 Å². The number of hydrogen-bond acceptors (Lipinski definition) is 6. The normalized spacial score (nSPS) is 22.6. The highest BCUT2D eigenvalue weighted by Crippen LogP contribution is 2.43. The van der Waals surface area contributed by atoms with Gasteiger partial charge in [-0.25, -0.2) is 24.5 Å². The minimum Gasteiger partial charge on any atom is -0.458 e. The number of anilines is 1. The summed E-state index contributed by atoms with van der Waals surface area (Å²) >= 11 is 0. The minimum atomic E-state index is -3.59. The Hall–Kier alpha value is -2.52. The van der Waals surface area contributed by atoms with Gasteiger partial charge in [-0.3, -0.25) is 0 Å². The van der Waals surface area contributed by atoms with Crippen molar-refractivity contribution in [2.24, 2.45) is 4.99 Å². The molecule has 0 saturated carbocycles. The number of amidine groups is 1. The second-order valence-corrected chi connectivity index (χ2v) is 6.68. The van der Waals surface area contributed by atoms with Crippen LogP contribution in [-0.2, 0) is 15.0 Å². The van der Waals surface area contributed by atoms with E-state index in [4.69, 9.17) is 15.2 Å². The van der Waals surface area contributed by atoms with Crippen LogP contribution in [0.4, 0.5) is 23.8 Å². The molecule has 1 amide bonds. The summed E-state index contributed by atoms with van der Waals surface area (Å²) in [4.78, 5) is 19.1. The van der Waals surface area contributed by atoms with E-state index in [1.165, 1.54) is 0 Å². The monoisotopic (exact) mass is 360 g/mol. The standard InChI is InChI=1S/C15H19F3N4O3/c1-13(2,3)25-12(23)21-11-22-14(4,15(17,18)7-24-11)10-8(16)5-6-9(19)20-10/h5-6H,7H2,1-4H3,(H2,19,20)(H,21,22,23). The van der Waals surface area contributed by atoms with Crippen molar-refractivity contribution in [1.82, 2.24) is 10.3 Å². The Kier molecular flexibility index (Phi) is 4.58. The van der Waals surface area contributed by atoms with Gasteiger partial charge in [-0.1, -0.05) is 0 Å². The fraction of sp³-hybridized carbons (Fsp3) is 0.533. The molecule has 7 nitrogen and oxygen atoms in total. The first kappa shape index (κ1) is 18.8. The maximum absolute atomic E-state index is 14.4. The molecule has 25 heavy (non-hydrogen) atoms. The lowest BCUT2D eigenvalue weighted by atomic mass is 9.89. The van der Waals surface area contributed by atoms with Crippen molar-refractivity contribution in [3.63, 3.8) is 0 Å². The molecule has 1 unspecified atom stereocenters. The highest BCUT2D eigenvalue weighted by Gasteiger charge is 2.57. The van der Waals surface area contributed by atoms with Crippen molar-refractivity contribution in [1.29, 1.82) is 0 Å². The number of rotatable bonds is 1. The second kappa shape index (κ2) is 6.08. The quantitative estimate of drug-likeness (QED) is 0.802. The van der Waals surface area contributed by atoms with Gasteiger partial charge in [0.1, 0.15) is 22.9 Å². The number of aliphatic imine (C=N–C) groups is 1. The summed E-state index contributed by atoms with van der Waals surface area (Å²) in [5.74, 6) is -4.73. The molecule has 10 heteroatoms. The number of carbonyl (C=O) groups excluding carboxylic acids is 1. The van der Waals surface area contributed by atoms with Crippen LogP contribution < -0.4 is 11.1 Å². The summed E-state index contributed by atoms with van der Waals surface area (Å²) in [6, 6.07) is 1.54. The Labute approximate surface area is 142 Å². The Balaban J connectivity index is 2.40. The number of nitrogens with one attached hydrogen (secondary N) is 1. The summed E-state index contributed by atoms with van der Waals surface area (Å²) < 4.78 is 52.7. The number of aromatic nitrogens is 1. The first-order chi connectivity index (χ1) is 11.3. The minimum absolute atomic E-state index is 0.142. The van der Waals surface area contributed by atoms with Crippen LogP contribution in [0.5, 0.6) is 0 Å². The predicted octanol–water partition coefficient (Wildman–Crippen LogP) is 2.56. The maximum atomic E-state index is 14.4. The summed E-state index contributed by atoms with van der Waals surface area (Å²) in [6.07, 6.45) is -0.945. The van der Waals surface area contributed by atoms with Crippen molar-refractivity contribution >= 4 is 17.9 Å². The molecule has 2 rings (SSSR count). The lowest BCUT2D eigenvalue weighted by Gasteiger charge is -2.37. The van der Waals surface area contributed by atoms with Gasteiger partial charge in [0, 0.05) is 0 Å². The maximum Gasteiger partial charge on any atom is 0.415 e. The number of nitrogens with two attached hydrogens (primary N) is 1. The molecule has 1 aliphatic heterocycles. The SMILES string of the molecule is CC(C)(C)OC(=O)NC1=NC(C)(c2nc(N)ccc2F)C(F)(F)CO1. The van der Waals surface area contributed by atoms with Gasteiger partial charge in [-0.05, 0) is 39.8 Å². The van der Waals surface area contributed by atoms with Crippen LogP contribution in [0.15, 0.2) is 17.1 Å². The molecule has 0 radical (unpaired) electrons. The van der Waals surface area contributed by atoms with E-state index >= 15 is 0 Å². The lowest BCUT2D eigenvalue weighted by molar-refractivity contribution is -0.119. The molecule has 2 heterocycles. The molecule has 3 N–H and O–H groups in total. The van der Waals surface area contributed by atoms with Crippen molar-refractivity contribution in [2.45, 2.75) is 44.8 Å². The molecule has 1 aromatic heterocycles. The second-order valence-electron chi connectivity index (χ2n) is 6.68. The number of nitrogen functional groups attached to an aromatic ring is 1. The molecule has 0 fully saturated rings. The highest BCUT2D eigenvalue weighted by molar-refractivity contribution is 5.91. The van der Waals surface area contributed by atoms with Crippen molar-refractivity contribution in [2.75, 3.05) is 12.3 Å². The van der Waals surface area contributed by atoms with E-state index in [0.29, 0.717) is 0 Å². The number of carbonyl (C=O) groups is 1. The van der Waals surface area contributed by atoms with Gasteiger partial charge in [-0.2, -0.15) is 8.78 Å². The fourth-order valence-corrected chi connectivity index (χ4v) is 2.10. The Morgan fingerprint density at radius 2 is 2.04 bits per heavy atom. The van der Waals surface area contributed by atoms with Crippen molar-refractivity contribution in [3.8, 4) is 0 Å². The van der Waals surface area contributed by atoms with E-state index in [1.807, 2.05) is 0 Å². The molecule has 138 valence electrons. The van der Waals surface area contributed by atoms with Crippen LogP contribution >= 0.6 is 0 Å². The zero-order chi connectivity index (χ0) is 19.0. The molecule has 1 atom stereocenters. The largest absolute Gasteiger partial charge is 0.458 e. The lowest BCUT2D eigenvalue weighted by Crippen LogP contribution is -2.53. The van der Waals surface area contributed by atoms with E-state index in [9.17, 15) is 18.0 Å². The number of pyridine rings is 1. The van der Waals surface area contributed by atoms with E-state index in [0.717, 1.165) is 19.1 Å². The van der Waals surface area contributed by atoms with Gasteiger partial charge in [0.15, 0.2) is 12.1 Å². The number of nitrogens with zero attached hydrogens (tertiary/aromatic N) is 2. The zero-order valence-corrected chi connectivity index (χ0v) is 14.2. The summed E-state index contributed by atoms with van der Waals surface area (Å²) in [6.45, 7) is 4.73. The highest BCUT2D eigenvalue weighted by atomic mass is 19.3. The average Bonchev–Trinajstić information content (AvgIpc) is 2.44. The third-order valence-electron chi connectivity index (χ3n) is 3.36. The molecule has 0 saturated heterocycles. The van der Waals surface area contributed by atoms with Crippen LogP contribution in [-0.4, -0.2) is 35.2 Å². The van der Waals surface area contributed by atoms with Crippen LogP contribution in [0, 0.1) is 5.82 Å². The van der Waals surface area contributed by atoms with Crippen molar-refractivity contribution in [3.05, 3.63) is 23.6 Å². The van der Waals surface area contributed by atoms with Crippen LogP contribution in [0.2, 0.25) is 0 Å². The number of alkyl carbamates (subject to hydrolysis) is 1. The smallest absolute Gasteiger partial charge is 0.415 e. The summed E-state index contributed by atoms with van der Waals surface area (Å²) in [7, 11) is 0. The van der Waals surface area contributed by atoms with Crippen LogP contribution in [0.1, 0.15) is 33.4 Å². The van der Waals surface area contributed by atoms with Crippen molar-refractivity contribution < 1.29 is 27.4 Å². The Bertz CT molecular complexity index is 718. The van der Waals surface area contributed by atoms with Gasteiger partial charge >= 0.3 is 12.0 Å². The summed E-state index contributed by atoms with van der Waals surface area (Å²) in [5.41, 5.74) is 1.59. The number of hydrogen-bond donors (Lipinski definition) is 2. The molecule has 0 bridgehead atoms. The third kappa shape index (κ3) is 3.94. The first-order valence-corrected chi connectivity index (χ1v) is 7.37. The van der Waals surface area contributed by atoms with E-state index in [1.54, 1.807) is 20.8 Å². The van der Waals surface area contributed by atoms with Crippen LogP contribution in [0.25, 0.3) is 0 Å². The number of amides is 1. The van der Waals surface area contributed by atoms with E-state index in [2.05, 4.69) is 15.3 Å². The topological polar surface area (TPSA) is 98.8 Å². The molecular formula is C15H19F3N4O3. The fourth-order valence-electron chi connectivity index (χ4n) is 2.10. The molecule has 1 aliphatic rings. The van der Waals surface area contributed by atoms with Gasteiger partial charge in [0.2, 0.25) is 0 Å². The van der Waals surface area contributed by atoms with E-state index < -0.39 is 47.3 Å². The molecule has 1 aromatic rings. The Morgan fingerprint density at radius 1 is 1.40 bits per heavy atom. The molecule has 0 spiro atoms.